The number of aryl methyl sites for hydroxylation is 1. The minimum Gasteiger partial charge on any atom is -0.496 e. The van der Waals surface area contributed by atoms with E-state index in [0.717, 1.165) is 18.8 Å². The summed E-state index contributed by atoms with van der Waals surface area (Å²) in [4.78, 5) is 0. The fraction of sp³-hybridized carbons (Fsp3) is 0.455. The Balaban J connectivity index is 2.24. The summed E-state index contributed by atoms with van der Waals surface area (Å²) in [6.07, 6.45) is 0. The molecule has 1 aliphatic heterocycles. The standard InChI is InChI=1S/C11H15NO/c1-8-5-9(10-6-12-7-10)3-4-11(8)13-2/h3-5,10,12H,6-7H2,1-2H3. The maximum Gasteiger partial charge on any atom is 0.121 e. The van der Waals surface area contributed by atoms with Crippen molar-refractivity contribution in [2.45, 2.75) is 12.8 Å². The summed E-state index contributed by atoms with van der Waals surface area (Å²) >= 11 is 0. The van der Waals surface area contributed by atoms with Gasteiger partial charge in [-0.2, -0.15) is 0 Å². The van der Waals surface area contributed by atoms with Crippen molar-refractivity contribution in [3.05, 3.63) is 29.3 Å². The van der Waals surface area contributed by atoms with Gasteiger partial charge in [0.1, 0.15) is 5.75 Å². The number of hydrogen-bond acceptors (Lipinski definition) is 2. The van der Waals surface area contributed by atoms with E-state index >= 15 is 0 Å². The Labute approximate surface area is 78.9 Å². The number of hydrogen-bond donors (Lipinski definition) is 1. The van der Waals surface area contributed by atoms with E-state index in [1.807, 2.05) is 0 Å². The fourth-order valence-corrected chi connectivity index (χ4v) is 1.68. The van der Waals surface area contributed by atoms with E-state index in [1.54, 1.807) is 7.11 Å². The van der Waals surface area contributed by atoms with E-state index in [9.17, 15) is 0 Å². The first-order valence-corrected chi connectivity index (χ1v) is 4.66. The highest BCUT2D eigenvalue weighted by atomic mass is 16.5. The van der Waals surface area contributed by atoms with Crippen molar-refractivity contribution in [3.63, 3.8) is 0 Å². The number of nitrogens with one attached hydrogen (secondary N) is 1. The first-order valence-electron chi connectivity index (χ1n) is 4.66. The molecule has 70 valence electrons. The van der Waals surface area contributed by atoms with Crippen molar-refractivity contribution in [1.29, 1.82) is 0 Å². The summed E-state index contributed by atoms with van der Waals surface area (Å²) in [6.45, 7) is 4.33. The summed E-state index contributed by atoms with van der Waals surface area (Å²) < 4.78 is 5.22. The monoisotopic (exact) mass is 177 g/mol. The van der Waals surface area contributed by atoms with Crippen LogP contribution in [0.5, 0.6) is 5.75 Å². The lowest BCUT2D eigenvalue weighted by Crippen LogP contribution is -2.39. The Hall–Kier alpha value is -1.02. The molecule has 0 bridgehead atoms. The highest BCUT2D eigenvalue weighted by Gasteiger charge is 2.18. The molecule has 1 heterocycles. The summed E-state index contributed by atoms with van der Waals surface area (Å²) in [5.41, 5.74) is 2.66. The Morgan fingerprint density at radius 2 is 2.15 bits per heavy atom. The van der Waals surface area contributed by atoms with E-state index < -0.39 is 0 Å². The summed E-state index contributed by atoms with van der Waals surface area (Å²) in [5, 5.41) is 3.28. The molecule has 1 aromatic rings. The number of ether oxygens (including phenoxy) is 1. The first-order chi connectivity index (χ1) is 6.31. The largest absolute Gasteiger partial charge is 0.496 e. The van der Waals surface area contributed by atoms with Crippen LogP contribution in [0.1, 0.15) is 17.0 Å². The molecule has 0 amide bonds. The van der Waals surface area contributed by atoms with E-state index in [-0.39, 0.29) is 0 Å². The molecule has 1 N–H and O–H groups in total. The molecule has 0 aliphatic carbocycles. The fourth-order valence-electron chi connectivity index (χ4n) is 1.68. The molecule has 1 saturated heterocycles. The van der Waals surface area contributed by atoms with Crippen LogP contribution in [0.3, 0.4) is 0 Å². The quantitative estimate of drug-likeness (QED) is 0.742. The van der Waals surface area contributed by atoms with Gasteiger partial charge in [-0.25, -0.2) is 0 Å². The molecule has 0 spiro atoms. The third-order valence-electron chi connectivity index (χ3n) is 2.67. The van der Waals surface area contributed by atoms with Crippen molar-refractivity contribution >= 4 is 0 Å². The van der Waals surface area contributed by atoms with E-state index in [4.69, 9.17) is 4.74 Å². The van der Waals surface area contributed by atoms with Crippen molar-refractivity contribution in [2.24, 2.45) is 0 Å². The molecule has 13 heavy (non-hydrogen) atoms. The van der Waals surface area contributed by atoms with Gasteiger partial charge < -0.3 is 10.1 Å². The second-order valence-electron chi connectivity index (χ2n) is 3.58. The molecule has 1 aromatic carbocycles. The third-order valence-corrected chi connectivity index (χ3v) is 2.67. The lowest BCUT2D eigenvalue weighted by molar-refractivity contribution is 0.410. The zero-order valence-corrected chi connectivity index (χ0v) is 8.13. The van der Waals surface area contributed by atoms with Crippen molar-refractivity contribution in [3.8, 4) is 5.75 Å². The minimum absolute atomic E-state index is 0.713. The van der Waals surface area contributed by atoms with Crippen LogP contribution in [-0.2, 0) is 0 Å². The lowest BCUT2D eigenvalue weighted by Gasteiger charge is -2.27. The Morgan fingerprint density at radius 3 is 2.62 bits per heavy atom. The highest BCUT2D eigenvalue weighted by Crippen LogP contribution is 2.25. The van der Waals surface area contributed by atoms with Crippen LogP contribution >= 0.6 is 0 Å². The smallest absolute Gasteiger partial charge is 0.121 e. The number of benzene rings is 1. The van der Waals surface area contributed by atoms with Crippen LogP contribution < -0.4 is 10.1 Å². The van der Waals surface area contributed by atoms with Crippen LogP contribution in [0.2, 0.25) is 0 Å². The maximum atomic E-state index is 5.22. The Morgan fingerprint density at radius 1 is 1.38 bits per heavy atom. The molecule has 1 fully saturated rings. The molecule has 0 atom stereocenters. The number of methoxy groups -OCH3 is 1. The Bertz CT molecular complexity index is 305. The summed E-state index contributed by atoms with van der Waals surface area (Å²) in [5.74, 6) is 1.70. The second kappa shape index (κ2) is 3.38. The molecule has 1 aliphatic rings. The predicted octanol–water partition coefficient (Wildman–Crippen LogP) is 1.69. The van der Waals surface area contributed by atoms with Crippen LogP contribution in [-0.4, -0.2) is 20.2 Å². The second-order valence-corrected chi connectivity index (χ2v) is 3.58. The molecule has 0 radical (unpaired) electrons. The van der Waals surface area contributed by atoms with Gasteiger partial charge in [0.2, 0.25) is 0 Å². The zero-order valence-electron chi connectivity index (χ0n) is 8.13. The van der Waals surface area contributed by atoms with Crippen molar-refractivity contribution in [1.82, 2.24) is 5.32 Å². The van der Waals surface area contributed by atoms with Gasteiger partial charge in [0.15, 0.2) is 0 Å². The van der Waals surface area contributed by atoms with E-state index in [1.165, 1.54) is 11.1 Å². The SMILES string of the molecule is COc1ccc(C2CNC2)cc1C. The average Bonchev–Trinajstić information content (AvgIpc) is 2.01. The zero-order chi connectivity index (χ0) is 9.26. The Kier molecular flexibility index (Phi) is 2.23. The number of rotatable bonds is 2. The normalized spacial score (nSPS) is 16.8. The average molecular weight is 177 g/mol. The van der Waals surface area contributed by atoms with Gasteiger partial charge >= 0.3 is 0 Å². The van der Waals surface area contributed by atoms with Gasteiger partial charge in [-0.15, -0.1) is 0 Å². The van der Waals surface area contributed by atoms with Crippen LogP contribution in [0.15, 0.2) is 18.2 Å². The predicted molar refractivity (Wildman–Crippen MR) is 53.3 cm³/mol. The van der Waals surface area contributed by atoms with E-state index in [2.05, 4.69) is 30.4 Å². The van der Waals surface area contributed by atoms with Crippen molar-refractivity contribution < 1.29 is 4.74 Å². The molecule has 2 rings (SSSR count). The highest BCUT2D eigenvalue weighted by molar-refractivity contribution is 5.38. The molecule has 0 saturated carbocycles. The van der Waals surface area contributed by atoms with Gasteiger partial charge in [-0.1, -0.05) is 12.1 Å². The minimum atomic E-state index is 0.713. The molecular formula is C11H15NO. The third kappa shape index (κ3) is 1.54. The lowest BCUT2D eigenvalue weighted by atomic mass is 9.92. The molecular weight excluding hydrogens is 162 g/mol. The maximum absolute atomic E-state index is 5.22. The van der Waals surface area contributed by atoms with E-state index in [0.29, 0.717) is 5.92 Å². The molecule has 0 aromatic heterocycles. The van der Waals surface area contributed by atoms with Crippen molar-refractivity contribution in [2.75, 3.05) is 20.2 Å². The van der Waals surface area contributed by atoms with Gasteiger partial charge in [-0.05, 0) is 24.1 Å². The molecule has 0 unspecified atom stereocenters. The molecule has 2 heteroatoms. The van der Waals surface area contributed by atoms with Gasteiger partial charge in [-0.3, -0.25) is 0 Å². The van der Waals surface area contributed by atoms with Gasteiger partial charge in [0, 0.05) is 19.0 Å². The topological polar surface area (TPSA) is 21.3 Å². The van der Waals surface area contributed by atoms with Gasteiger partial charge in [0.25, 0.3) is 0 Å². The summed E-state index contributed by atoms with van der Waals surface area (Å²) in [6, 6.07) is 6.45. The van der Waals surface area contributed by atoms with Crippen LogP contribution in [0.4, 0.5) is 0 Å². The summed E-state index contributed by atoms with van der Waals surface area (Å²) in [7, 11) is 1.72. The van der Waals surface area contributed by atoms with Crippen LogP contribution in [0.25, 0.3) is 0 Å². The van der Waals surface area contributed by atoms with Crippen LogP contribution in [0, 0.1) is 6.92 Å². The molecule has 2 nitrogen and oxygen atoms in total. The first kappa shape index (κ1) is 8.57. The van der Waals surface area contributed by atoms with Gasteiger partial charge in [0.05, 0.1) is 7.11 Å².